The fourth-order valence-corrected chi connectivity index (χ4v) is 2.61. The summed E-state index contributed by atoms with van der Waals surface area (Å²) in [5.41, 5.74) is -0.884. The molecule has 0 unspecified atom stereocenters. The number of nitrogens with one attached hydrogen (secondary N) is 1. The van der Waals surface area contributed by atoms with E-state index in [1.54, 1.807) is 25.5 Å². The van der Waals surface area contributed by atoms with E-state index in [0.717, 1.165) is 32.1 Å². The molecule has 0 atom stereocenters. The van der Waals surface area contributed by atoms with Crippen molar-refractivity contribution >= 4 is 17.6 Å². The van der Waals surface area contributed by atoms with Crippen LogP contribution in [-0.4, -0.2) is 26.4 Å². The van der Waals surface area contributed by atoms with Gasteiger partial charge in [0, 0.05) is 0 Å². The van der Waals surface area contributed by atoms with Crippen LogP contribution in [0.25, 0.3) is 0 Å². The average molecular weight is 310 g/mol. The van der Waals surface area contributed by atoms with Gasteiger partial charge in [0.05, 0.1) is 11.0 Å². The van der Waals surface area contributed by atoms with E-state index in [0.29, 0.717) is 0 Å². The van der Waals surface area contributed by atoms with Crippen LogP contribution in [-0.2, 0) is 4.74 Å². The zero-order chi connectivity index (χ0) is 16.3. The maximum atomic E-state index is 11.9. The standard InChI is InChI=1S/C14H22N4O4/c1-14(2,3)22-13(19)16-12-11(18(20)21)9-15-17(12)10-7-5-4-6-8-10/h9-10H,4-8H2,1-3H3,(H,16,19). The molecular formula is C14H22N4O4. The molecule has 0 aromatic carbocycles. The van der Waals surface area contributed by atoms with Gasteiger partial charge in [0.2, 0.25) is 5.82 Å². The monoisotopic (exact) mass is 310 g/mol. The summed E-state index contributed by atoms with van der Waals surface area (Å²) in [6, 6.07) is 0.0763. The summed E-state index contributed by atoms with van der Waals surface area (Å²) in [6.07, 6.45) is 5.56. The molecule has 1 heterocycles. The molecule has 122 valence electrons. The van der Waals surface area contributed by atoms with Gasteiger partial charge in [-0.1, -0.05) is 19.3 Å². The number of carbonyl (C=O) groups excluding carboxylic acids is 1. The summed E-state index contributed by atoms with van der Waals surface area (Å²) >= 11 is 0. The summed E-state index contributed by atoms with van der Waals surface area (Å²) < 4.78 is 6.73. The molecule has 1 aliphatic rings. The number of amides is 1. The van der Waals surface area contributed by atoms with Gasteiger partial charge in [-0.05, 0) is 33.6 Å². The summed E-state index contributed by atoms with van der Waals surface area (Å²) in [4.78, 5) is 22.5. The van der Waals surface area contributed by atoms with Gasteiger partial charge >= 0.3 is 11.8 Å². The Kier molecular flexibility index (Phi) is 4.68. The van der Waals surface area contributed by atoms with Crippen LogP contribution in [0.3, 0.4) is 0 Å². The van der Waals surface area contributed by atoms with E-state index in [-0.39, 0.29) is 17.5 Å². The molecular weight excluding hydrogens is 288 g/mol. The van der Waals surface area contributed by atoms with Crippen LogP contribution in [0, 0.1) is 10.1 Å². The molecule has 1 saturated carbocycles. The molecule has 0 bridgehead atoms. The summed E-state index contributed by atoms with van der Waals surface area (Å²) in [5, 5.41) is 17.8. The quantitative estimate of drug-likeness (QED) is 0.678. The van der Waals surface area contributed by atoms with Crippen molar-refractivity contribution in [2.24, 2.45) is 0 Å². The SMILES string of the molecule is CC(C)(C)OC(=O)Nc1c([N+](=O)[O-])cnn1C1CCCCC1. The zero-order valence-corrected chi connectivity index (χ0v) is 13.2. The molecule has 0 radical (unpaired) electrons. The summed E-state index contributed by atoms with van der Waals surface area (Å²) in [7, 11) is 0. The molecule has 0 saturated heterocycles. The third kappa shape index (κ3) is 3.96. The molecule has 1 amide bonds. The number of ether oxygens (including phenoxy) is 1. The first-order chi connectivity index (χ1) is 10.3. The first-order valence-electron chi connectivity index (χ1n) is 7.50. The molecule has 1 fully saturated rings. The smallest absolute Gasteiger partial charge is 0.413 e. The Balaban J connectivity index is 2.24. The van der Waals surface area contributed by atoms with Crippen molar-refractivity contribution in [2.45, 2.75) is 64.5 Å². The van der Waals surface area contributed by atoms with E-state index >= 15 is 0 Å². The zero-order valence-electron chi connectivity index (χ0n) is 13.2. The van der Waals surface area contributed by atoms with Gasteiger partial charge < -0.3 is 4.74 Å². The Hall–Kier alpha value is -2.12. The lowest BCUT2D eigenvalue weighted by molar-refractivity contribution is -0.384. The van der Waals surface area contributed by atoms with E-state index in [2.05, 4.69) is 10.4 Å². The lowest BCUT2D eigenvalue weighted by atomic mass is 9.96. The van der Waals surface area contributed by atoms with Gasteiger partial charge in [0.25, 0.3) is 0 Å². The van der Waals surface area contributed by atoms with Crippen molar-refractivity contribution < 1.29 is 14.5 Å². The second-order valence-corrected chi connectivity index (χ2v) is 6.50. The molecule has 0 spiro atoms. The molecule has 1 aliphatic carbocycles. The van der Waals surface area contributed by atoms with Crippen molar-refractivity contribution in [1.29, 1.82) is 0 Å². The molecule has 1 aromatic heterocycles. The second kappa shape index (κ2) is 6.33. The van der Waals surface area contributed by atoms with Crippen LogP contribution in [0.15, 0.2) is 6.20 Å². The van der Waals surface area contributed by atoms with Crippen molar-refractivity contribution in [3.8, 4) is 0 Å². The number of nitrogens with zero attached hydrogens (tertiary/aromatic N) is 3. The van der Waals surface area contributed by atoms with E-state index in [9.17, 15) is 14.9 Å². The third-order valence-corrected chi connectivity index (χ3v) is 3.51. The van der Waals surface area contributed by atoms with Gasteiger partial charge in [-0.2, -0.15) is 5.10 Å². The van der Waals surface area contributed by atoms with Crippen molar-refractivity contribution in [1.82, 2.24) is 9.78 Å². The van der Waals surface area contributed by atoms with Gasteiger partial charge in [0.15, 0.2) is 0 Å². The minimum Gasteiger partial charge on any atom is -0.444 e. The van der Waals surface area contributed by atoms with Crippen LogP contribution in [0.5, 0.6) is 0 Å². The van der Waals surface area contributed by atoms with E-state index < -0.39 is 16.6 Å². The molecule has 8 heteroatoms. The number of nitro groups is 1. The van der Waals surface area contributed by atoms with Crippen LogP contribution in [0.4, 0.5) is 16.3 Å². The van der Waals surface area contributed by atoms with Crippen molar-refractivity contribution in [3.05, 3.63) is 16.3 Å². The van der Waals surface area contributed by atoms with Gasteiger partial charge in [-0.15, -0.1) is 0 Å². The van der Waals surface area contributed by atoms with Gasteiger partial charge in [-0.25, -0.2) is 9.48 Å². The highest BCUT2D eigenvalue weighted by Gasteiger charge is 2.29. The lowest BCUT2D eigenvalue weighted by Crippen LogP contribution is -2.29. The number of aromatic nitrogens is 2. The van der Waals surface area contributed by atoms with Crippen LogP contribution in [0.1, 0.15) is 58.9 Å². The Labute approximate surface area is 129 Å². The third-order valence-electron chi connectivity index (χ3n) is 3.51. The lowest BCUT2D eigenvalue weighted by Gasteiger charge is -2.24. The molecule has 1 N–H and O–H groups in total. The minimum atomic E-state index is -0.715. The van der Waals surface area contributed by atoms with Crippen LogP contribution in [0.2, 0.25) is 0 Å². The first kappa shape index (κ1) is 16.3. The van der Waals surface area contributed by atoms with Crippen LogP contribution >= 0.6 is 0 Å². The average Bonchev–Trinajstić information content (AvgIpc) is 2.81. The predicted molar refractivity (Wildman–Crippen MR) is 80.9 cm³/mol. The number of hydrogen-bond acceptors (Lipinski definition) is 5. The molecule has 1 aromatic rings. The summed E-state index contributed by atoms with van der Waals surface area (Å²) in [5.74, 6) is 0.103. The highest BCUT2D eigenvalue weighted by Crippen LogP contribution is 2.34. The largest absolute Gasteiger partial charge is 0.444 e. The first-order valence-corrected chi connectivity index (χ1v) is 7.50. The Bertz CT molecular complexity index is 556. The van der Waals surface area contributed by atoms with E-state index in [1.165, 1.54) is 6.20 Å². The van der Waals surface area contributed by atoms with Crippen LogP contribution < -0.4 is 5.32 Å². The molecule has 0 aliphatic heterocycles. The number of rotatable bonds is 3. The highest BCUT2D eigenvalue weighted by atomic mass is 16.6. The Morgan fingerprint density at radius 3 is 2.59 bits per heavy atom. The molecule has 8 nitrogen and oxygen atoms in total. The Morgan fingerprint density at radius 1 is 1.41 bits per heavy atom. The fourth-order valence-electron chi connectivity index (χ4n) is 2.61. The Morgan fingerprint density at radius 2 is 2.05 bits per heavy atom. The maximum Gasteiger partial charge on any atom is 0.413 e. The molecule has 22 heavy (non-hydrogen) atoms. The van der Waals surface area contributed by atoms with Crippen molar-refractivity contribution in [3.63, 3.8) is 0 Å². The van der Waals surface area contributed by atoms with E-state index in [1.807, 2.05) is 0 Å². The number of hydrogen-bond donors (Lipinski definition) is 1. The fraction of sp³-hybridized carbons (Fsp3) is 0.714. The molecule has 2 rings (SSSR count). The predicted octanol–water partition coefficient (Wildman–Crippen LogP) is 3.64. The van der Waals surface area contributed by atoms with Gasteiger partial charge in [0.1, 0.15) is 11.8 Å². The normalized spacial score (nSPS) is 16.3. The number of carbonyl (C=O) groups is 1. The van der Waals surface area contributed by atoms with E-state index in [4.69, 9.17) is 4.74 Å². The number of anilines is 1. The van der Waals surface area contributed by atoms with Gasteiger partial charge in [-0.3, -0.25) is 15.4 Å². The van der Waals surface area contributed by atoms with Crippen molar-refractivity contribution in [2.75, 3.05) is 5.32 Å². The summed E-state index contributed by atoms with van der Waals surface area (Å²) in [6.45, 7) is 5.21. The topological polar surface area (TPSA) is 99.3 Å². The highest BCUT2D eigenvalue weighted by molar-refractivity contribution is 5.86. The maximum absolute atomic E-state index is 11.9. The minimum absolute atomic E-state index is 0.0763. The second-order valence-electron chi connectivity index (χ2n) is 6.50.